The number of hydrogen-bond donors (Lipinski definition) is 0. The smallest absolute Gasteiger partial charge is 0.345 e. The van der Waals surface area contributed by atoms with Gasteiger partial charge in [0.15, 0.2) is 23.3 Å². The van der Waals surface area contributed by atoms with Crippen molar-refractivity contribution >= 4 is 17.7 Å². The molecule has 4 aromatic rings. The van der Waals surface area contributed by atoms with Crippen LogP contribution in [-0.2, 0) is 0 Å². The van der Waals surface area contributed by atoms with Crippen LogP contribution in [0.25, 0.3) is 5.69 Å². The third-order valence-corrected chi connectivity index (χ3v) is 6.07. The summed E-state index contributed by atoms with van der Waals surface area (Å²) in [5.41, 5.74) is 0.638. The summed E-state index contributed by atoms with van der Waals surface area (Å²) in [6.45, 7) is 1.44. The van der Waals surface area contributed by atoms with Crippen LogP contribution in [-0.4, -0.2) is 22.9 Å². The molecule has 0 N–H and O–H groups in total. The number of esters is 1. The summed E-state index contributed by atoms with van der Waals surface area (Å²) >= 11 is 0.210. The van der Waals surface area contributed by atoms with E-state index in [0.717, 1.165) is 0 Å². The Balaban J connectivity index is 1.84. The van der Waals surface area contributed by atoms with E-state index in [1.54, 1.807) is 42.5 Å². The molecule has 0 bridgehead atoms. The van der Waals surface area contributed by atoms with Gasteiger partial charge in [0, 0.05) is 0 Å². The van der Waals surface area contributed by atoms with Crippen LogP contribution < -0.4 is 9.47 Å². The molecular formula is C24H15F5N2O3S. The first kappa shape index (κ1) is 24.3. The van der Waals surface area contributed by atoms with E-state index in [4.69, 9.17) is 9.47 Å². The monoisotopic (exact) mass is 506 g/mol. The number of methoxy groups -OCH3 is 1. The lowest BCUT2D eigenvalue weighted by Crippen LogP contribution is -2.12. The van der Waals surface area contributed by atoms with Crippen LogP contribution in [0, 0.1) is 36.0 Å². The minimum atomic E-state index is -2.27. The van der Waals surface area contributed by atoms with Crippen LogP contribution >= 0.6 is 11.8 Å². The second kappa shape index (κ2) is 9.79. The Morgan fingerprint density at radius 3 is 2.11 bits per heavy atom. The number of para-hydroxylation sites is 1. The molecule has 0 unspecified atom stereocenters. The molecule has 5 nitrogen and oxygen atoms in total. The van der Waals surface area contributed by atoms with E-state index in [-0.39, 0.29) is 33.8 Å². The fourth-order valence-corrected chi connectivity index (χ4v) is 4.08. The number of hydrogen-bond acceptors (Lipinski definition) is 5. The lowest BCUT2D eigenvalue weighted by molar-refractivity contribution is 0.0718. The van der Waals surface area contributed by atoms with Crippen LogP contribution in [0.5, 0.6) is 11.6 Å². The molecule has 1 aromatic heterocycles. The average Bonchev–Trinajstić information content (AvgIpc) is 3.19. The number of rotatable bonds is 6. The summed E-state index contributed by atoms with van der Waals surface area (Å²) in [7, 11) is 1.41. The molecule has 35 heavy (non-hydrogen) atoms. The molecule has 1 heterocycles. The number of aromatic nitrogens is 2. The maximum Gasteiger partial charge on any atom is 0.345 e. The maximum absolute atomic E-state index is 14.4. The van der Waals surface area contributed by atoms with Crippen molar-refractivity contribution in [3.63, 3.8) is 0 Å². The van der Waals surface area contributed by atoms with Crippen molar-refractivity contribution in [3.8, 4) is 17.3 Å². The first-order valence-corrected chi connectivity index (χ1v) is 10.7. The molecule has 0 amide bonds. The molecule has 0 radical (unpaired) electrons. The summed E-state index contributed by atoms with van der Waals surface area (Å²) in [5.74, 6) is -11.2. The number of aryl methyl sites for hydroxylation is 1. The summed E-state index contributed by atoms with van der Waals surface area (Å²) in [5, 5.41) is 4.27. The van der Waals surface area contributed by atoms with Gasteiger partial charge in [0.1, 0.15) is 5.75 Å². The van der Waals surface area contributed by atoms with Gasteiger partial charge < -0.3 is 9.47 Å². The SMILES string of the molecule is COc1cccc(C(=O)Oc2c(Sc3c(F)c(F)c(F)c(F)c3F)c(C)nn2-c2ccccc2)c1. The van der Waals surface area contributed by atoms with Crippen LogP contribution in [0.1, 0.15) is 16.1 Å². The lowest BCUT2D eigenvalue weighted by Gasteiger charge is -2.12. The minimum absolute atomic E-state index is 0.0926. The van der Waals surface area contributed by atoms with Crippen molar-refractivity contribution in [1.82, 2.24) is 9.78 Å². The number of carbonyl (C=O) groups excluding carboxylic acids is 1. The topological polar surface area (TPSA) is 53.4 Å². The second-order valence-corrected chi connectivity index (χ2v) is 8.11. The standard InChI is InChI=1S/C24H15F5N2O3S/c1-12-21(35-22-19(28)17(26)16(25)18(27)20(22)29)23(31(30-12)14-8-4-3-5-9-14)34-24(32)13-7-6-10-15(11-13)33-2/h3-11H,1-2H3. The van der Waals surface area contributed by atoms with E-state index in [0.29, 0.717) is 11.4 Å². The molecule has 0 fully saturated rings. The van der Waals surface area contributed by atoms with Crippen LogP contribution in [0.3, 0.4) is 0 Å². The minimum Gasteiger partial charge on any atom is -0.497 e. The fraction of sp³-hybridized carbons (Fsp3) is 0.0833. The first-order chi connectivity index (χ1) is 16.7. The van der Waals surface area contributed by atoms with Crippen molar-refractivity contribution in [1.29, 1.82) is 0 Å². The molecule has 0 saturated heterocycles. The Labute approximate surface area is 200 Å². The van der Waals surface area contributed by atoms with Crippen LogP contribution in [0.2, 0.25) is 0 Å². The molecular weight excluding hydrogens is 491 g/mol. The third kappa shape index (κ3) is 4.59. The third-order valence-electron chi connectivity index (χ3n) is 4.83. The van der Waals surface area contributed by atoms with Crippen molar-refractivity contribution in [2.45, 2.75) is 16.7 Å². The molecule has 0 saturated carbocycles. The Bertz CT molecular complexity index is 1400. The van der Waals surface area contributed by atoms with Crippen molar-refractivity contribution in [2.75, 3.05) is 7.11 Å². The Kier molecular flexibility index (Phi) is 6.79. The van der Waals surface area contributed by atoms with E-state index >= 15 is 0 Å². The molecule has 0 aliphatic heterocycles. The van der Waals surface area contributed by atoms with Crippen molar-refractivity contribution < 1.29 is 36.2 Å². The fourth-order valence-electron chi connectivity index (χ4n) is 3.12. The van der Waals surface area contributed by atoms with Gasteiger partial charge in [-0.25, -0.2) is 26.7 Å². The zero-order valence-corrected chi connectivity index (χ0v) is 18.9. The Hall–Kier alpha value is -3.86. The predicted molar refractivity (Wildman–Crippen MR) is 117 cm³/mol. The maximum atomic E-state index is 14.4. The summed E-state index contributed by atoms with van der Waals surface area (Å²) in [6.07, 6.45) is 0. The summed E-state index contributed by atoms with van der Waals surface area (Å²) < 4.78 is 81.7. The molecule has 11 heteroatoms. The highest BCUT2D eigenvalue weighted by molar-refractivity contribution is 7.99. The van der Waals surface area contributed by atoms with E-state index < -0.39 is 40.0 Å². The molecule has 0 atom stereocenters. The van der Waals surface area contributed by atoms with Gasteiger partial charge in [0.25, 0.3) is 0 Å². The van der Waals surface area contributed by atoms with Gasteiger partial charge in [0.05, 0.1) is 33.8 Å². The van der Waals surface area contributed by atoms with Crippen LogP contribution in [0.15, 0.2) is 64.4 Å². The highest BCUT2D eigenvalue weighted by Crippen LogP contribution is 2.42. The van der Waals surface area contributed by atoms with E-state index in [1.807, 2.05) is 0 Å². The molecule has 4 rings (SSSR count). The number of carbonyl (C=O) groups is 1. The Morgan fingerprint density at radius 1 is 0.857 bits per heavy atom. The van der Waals surface area contributed by atoms with Crippen molar-refractivity contribution in [2.24, 2.45) is 0 Å². The van der Waals surface area contributed by atoms with Gasteiger partial charge in [-0.05, 0) is 37.3 Å². The molecule has 0 aliphatic rings. The van der Waals surface area contributed by atoms with Gasteiger partial charge in [-0.2, -0.15) is 9.78 Å². The predicted octanol–water partition coefficient (Wildman–Crippen LogP) is 6.26. The quantitative estimate of drug-likeness (QED) is 0.134. The molecule has 3 aromatic carbocycles. The van der Waals surface area contributed by atoms with Gasteiger partial charge in [-0.1, -0.05) is 36.0 Å². The lowest BCUT2D eigenvalue weighted by atomic mass is 10.2. The number of ether oxygens (including phenoxy) is 2. The second-order valence-electron chi connectivity index (χ2n) is 7.09. The van der Waals surface area contributed by atoms with Gasteiger partial charge >= 0.3 is 5.97 Å². The summed E-state index contributed by atoms with van der Waals surface area (Å²) in [4.78, 5) is 11.6. The Morgan fingerprint density at radius 2 is 1.49 bits per heavy atom. The average molecular weight is 506 g/mol. The highest BCUT2D eigenvalue weighted by Gasteiger charge is 2.30. The number of benzene rings is 3. The molecule has 0 aliphatic carbocycles. The molecule has 0 spiro atoms. The normalized spacial score (nSPS) is 10.9. The number of nitrogens with zero attached hydrogens (tertiary/aromatic N) is 2. The number of halogens is 5. The highest BCUT2D eigenvalue weighted by atomic mass is 32.2. The zero-order valence-electron chi connectivity index (χ0n) is 18.1. The van der Waals surface area contributed by atoms with E-state index in [2.05, 4.69) is 5.10 Å². The van der Waals surface area contributed by atoms with Gasteiger partial charge in [-0.3, -0.25) is 0 Å². The van der Waals surface area contributed by atoms with E-state index in [9.17, 15) is 26.7 Å². The summed E-state index contributed by atoms with van der Waals surface area (Å²) in [6, 6.07) is 14.4. The largest absolute Gasteiger partial charge is 0.497 e. The van der Waals surface area contributed by atoms with Gasteiger partial charge in [-0.15, -0.1) is 0 Å². The zero-order chi connectivity index (χ0) is 25.3. The van der Waals surface area contributed by atoms with Crippen LogP contribution in [0.4, 0.5) is 22.0 Å². The van der Waals surface area contributed by atoms with Gasteiger partial charge in [0.2, 0.25) is 11.7 Å². The van der Waals surface area contributed by atoms with E-state index in [1.165, 1.54) is 30.8 Å². The molecule has 180 valence electrons. The first-order valence-electron chi connectivity index (χ1n) is 9.93. The van der Waals surface area contributed by atoms with Crippen molar-refractivity contribution in [3.05, 3.63) is 94.9 Å².